The third kappa shape index (κ3) is 8.13. The van der Waals surface area contributed by atoms with Crippen molar-refractivity contribution in [2.24, 2.45) is 17.1 Å². The normalized spacial score (nSPS) is 18.2. The lowest BCUT2D eigenvalue weighted by Gasteiger charge is -2.45. The minimum Gasteiger partial charge on any atom is -0.391 e. The van der Waals surface area contributed by atoms with Gasteiger partial charge in [0, 0.05) is 43.7 Å². The fourth-order valence-corrected chi connectivity index (χ4v) is 6.11. The third-order valence-electron chi connectivity index (χ3n) is 8.04. The molecule has 2 aromatic rings. The molecule has 2 amide bonds. The van der Waals surface area contributed by atoms with E-state index in [9.17, 15) is 23.5 Å². The van der Waals surface area contributed by atoms with Gasteiger partial charge in [-0.25, -0.2) is 8.78 Å². The van der Waals surface area contributed by atoms with Crippen molar-refractivity contribution in [2.75, 3.05) is 19.6 Å². The number of halogens is 2. The van der Waals surface area contributed by atoms with Crippen LogP contribution in [-0.2, 0) is 22.6 Å². The van der Waals surface area contributed by atoms with E-state index < -0.39 is 35.0 Å². The molecule has 3 atom stereocenters. The molecule has 228 valence electrons. The highest BCUT2D eigenvalue weighted by Gasteiger charge is 2.50. The number of hydrogen-bond acceptors (Lipinski definition) is 4. The summed E-state index contributed by atoms with van der Waals surface area (Å²) < 4.78 is 28.6. The van der Waals surface area contributed by atoms with Crippen molar-refractivity contribution in [3.63, 3.8) is 0 Å². The average Bonchev–Trinajstić information content (AvgIpc) is 2.92. The van der Waals surface area contributed by atoms with Gasteiger partial charge in [0.25, 0.3) is 0 Å². The van der Waals surface area contributed by atoms with Crippen LogP contribution in [0.1, 0.15) is 62.3 Å². The highest BCUT2D eigenvalue weighted by molar-refractivity contribution is 5.96. The first-order valence-electron chi connectivity index (χ1n) is 14.8. The zero-order chi connectivity index (χ0) is 31.0. The maximum atomic E-state index is 14.6. The van der Waals surface area contributed by atoms with Crippen molar-refractivity contribution in [1.82, 2.24) is 10.2 Å². The molecule has 0 fully saturated rings. The first kappa shape index (κ1) is 33.1. The quantitative estimate of drug-likeness (QED) is 0.283. The predicted octanol–water partition coefficient (Wildman–Crippen LogP) is 5.29. The van der Waals surface area contributed by atoms with Crippen LogP contribution in [0.5, 0.6) is 0 Å². The lowest BCUT2D eigenvalue weighted by Crippen LogP contribution is -2.54. The van der Waals surface area contributed by atoms with Gasteiger partial charge in [-0.15, -0.1) is 0 Å². The van der Waals surface area contributed by atoms with Gasteiger partial charge in [0.05, 0.1) is 11.5 Å². The third-order valence-corrected chi connectivity index (χ3v) is 8.04. The monoisotopic (exact) mass is 581 g/mol. The van der Waals surface area contributed by atoms with Crippen molar-refractivity contribution in [1.29, 1.82) is 0 Å². The summed E-state index contributed by atoms with van der Waals surface area (Å²) in [5.41, 5.74) is 8.96. The first-order valence-corrected chi connectivity index (χ1v) is 14.8. The number of aryl methyl sites for hydroxylation is 2. The second-order valence-corrected chi connectivity index (χ2v) is 11.6. The number of amides is 2. The molecule has 3 rings (SSSR count). The maximum absolute atomic E-state index is 14.6. The minimum absolute atomic E-state index is 0.00858. The molecule has 2 aromatic carbocycles. The van der Waals surface area contributed by atoms with Crippen LogP contribution < -0.4 is 11.1 Å². The zero-order valence-electron chi connectivity index (χ0n) is 25.5. The Balaban J connectivity index is 2.10. The summed E-state index contributed by atoms with van der Waals surface area (Å²) in [4.78, 5) is 28.8. The van der Waals surface area contributed by atoms with Gasteiger partial charge in [0.2, 0.25) is 11.8 Å². The summed E-state index contributed by atoms with van der Waals surface area (Å²) in [7, 11) is 0. The van der Waals surface area contributed by atoms with Gasteiger partial charge in [-0.3, -0.25) is 9.59 Å². The largest absolute Gasteiger partial charge is 0.391 e. The molecule has 0 radical (unpaired) electrons. The molecule has 0 bridgehead atoms. The number of nitrogens with zero attached hydrogens (tertiary/aromatic N) is 1. The van der Waals surface area contributed by atoms with Crippen LogP contribution in [0.4, 0.5) is 8.78 Å². The molecular weight excluding hydrogens is 536 g/mol. The number of benzene rings is 2. The second-order valence-electron chi connectivity index (χ2n) is 11.6. The summed E-state index contributed by atoms with van der Waals surface area (Å²) >= 11 is 0. The van der Waals surface area contributed by atoms with Gasteiger partial charge in [-0.05, 0) is 75.3 Å². The lowest BCUT2D eigenvalue weighted by atomic mass is 9.63. The van der Waals surface area contributed by atoms with Gasteiger partial charge in [0.1, 0.15) is 11.6 Å². The summed E-state index contributed by atoms with van der Waals surface area (Å²) in [6.07, 6.45) is 3.82. The molecule has 0 saturated carbocycles. The summed E-state index contributed by atoms with van der Waals surface area (Å²) in [6.45, 7) is 11.4. The molecule has 1 aliphatic carbocycles. The van der Waals surface area contributed by atoms with Crippen LogP contribution in [-0.4, -0.2) is 47.6 Å². The van der Waals surface area contributed by atoms with Crippen molar-refractivity contribution in [3.05, 3.63) is 93.6 Å². The molecule has 0 spiro atoms. The minimum atomic E-state index is -1.36. The van der Waals surface area contributed by atoms with Gasteiger partial charge in [0.15, 0.2) is 0 Å². The predicted molar refractivity (Wildman–Crippen MR) is 162 cm³/mol. The van der Waals surface area contributed by atoms with E-state index in [1.54, 1.807) is 17.9 Å². The number of nitrogens with two attached hydrogens (primary N) is 1. The number of carbonyl (C=O) groups is 2. The van der Waals surface area contributed by atoms with Crippen molar-refractivity contribution in [2.45, 2.75) is 73.0 Å². The van der Waals surface area contributed by atoms with Crippen LogP contribution in [0.3, 0.4) is 0 Å². The van der Waals surface area contributed by atoms with Crippen LogP contribution in [0.25, 0.3) is 0 Å². The Morgan fingerprint density at radius 2 is 1.69 bits per heavy atom. The number of hydrogen-bond donors (Lipinski definition) is 3. The van der Waals surface area contributed by atoms with Crippen molar-refractivity contribution >= 4 is 11.8 Å². The number of aliphatic hydroxyl groups excluding tert-OH is 1. The lowest BCUT2D eigenvalue weighted by molar-refractivity contribution is -0.145. The van der Waals surface area contributed by atoms with E-state index in [1.165, 1.54) is 12.1 Å². The number of primary amides is 1. The summed E-state index contributed by atoms with van der Waals surface area (Å²) in [5, 5.41) is 15.2. The van der Waals surface area contributed by atoms with Crippen molar-refractivity contribution in [3.8, 4) is 0 Å². The fourth-order valence-electron chi connectivity index (χ4n) is 6.11. The number of aliphatic hydroxyl groups is 1. The maximum Gasteiger partial charge on any atom is 0.244 e. The van der Waals surface area contributed by atoms with Gasteiger partial charge in [-0.1, -0.05) is 55.3 Å². The van der Waals surface area contributed by atoms with E-state index in [0.717, 1.165) is 35.6 Å². The van der Waals surface area contributed by atoms with E-state index in [4.69, 9.17) is 5.73 Å². The van der Waals surface area contributed by atoms with Crippen LogP contribution in [0.2, 0.25) is 0 Å². The van der Waals surface area contributed by atoms with E-state index >= 15 is 0 Å². The van der Waals surface area contributed by atoms with Crippen LogP contribution in [0.15, 0.2) is 59.7 Å². The van der Waals surface area contributed by atoms with Gasteiger partial charge >= 0.3 is 0 Å². The van der Waals surface area contributed by atoms with Crippen LogP contribution in [0, 0.1) is 36.8 Å². The number of carbonyl (C=O) groups excluding carboxylic acids is 2. The smallest absolute Gasteiger partial charge is 0.244 e. The molecular formula is C34H45F2N3O3. The Kier molecular flexibility index (Phi) is 11.6. The van der Waals surface area contributed by atoms with E-state index in [0.29, 0.717) is 30.8 Å². The highest BCUT2D eigenvalue weighted by atomic mass is 19.1. The molecule has 0 aromatic heterocycles. The molecule has 1 unspecified atom stereocenters. The molecule has 0 aliphatic heterocycles. The van der Waals surface area contributed by atoms with E-state index in [-0.39, 0.29) is 30.9 Å². The number of nitrogens with one attached hydrogen (secondary N) is 1. The SMILES string of the molecule is CCCN(CCC)C(=O)C1([C@H](Cc2cc(F)cc(F)c2)[C@@H](O)CNCc2cc(C)ccc2C)C=C(C)C=C(C(N)=O)C1. The molecule has 1 aliphatic rings. The first-order chi connectivity index (χ1) is 19.9. The Morgan fingerprint density at radius 3 is 2.29 bits per heavy atom. The van der Waals surface area contributed by atoms with Gasteiger partial charge < -0.3 is 21.1 Å². The standard InChI is InChI=1S/C34H45F2N3O3/c1-6-10-39(11-7-2)33(42)34(18-23(4)13-26(19-34)32(37)41)30(16-25-14-28(35)17-29(36)15-25)31(40)21-38-20-27-12-22(3)8-9-24(27)5/h8-9,12-15,17-18,30-31,38,40H,6-7,10-11,16,19-21H2,1-5H3,(H2,37,41)/t30-,31+,34?/m1/s1. The van der Waals surface area contributed by atoms with E-state index in [1.807, 2.05) is 45.9 Å². The summed E-state index contributed by atoms with van der Waals surface area (Å²) in [6, 6.07) is 9.41. The Bertz CT molecular complexity index is 1310. The Morgan fingerprint density at radius 1 is 1.05 bits per heavy atom. The number of allylic oxidation sites excluding steroid dienone is 2. The second kappa shape index (κ2) is 14.7. The molecule has 6 nitrogen and oxygen atoms in total. The summed E-state index contributed by atoms with van der Waals surface area (Å²) in [5.74, 6) is -3.17. The highest BCUT2D eigenvalue weighted by Crippen LogP contribution is 2.45. The number of rotatable bonds is 14. The van der Waals surface area contributed by atoms with E-state index in [2.05, 4.69) is 11.4 Å². The van der Waals surface area contributed by atoms with Gasteiger partial charge in [-0.2, -0.15) is 0 Å². The molecule has 8 heteroatoms. The van der Waals surface area contributed by atoms with Crippen molar-refractivity contribution < 1.29 is 23.5 Å². The zero-order valence-corrected chi connectivity index (χ0v) is 25.5. The van der Waals surface area contributed by atoms with Crippen LogP contribution >= 0.6 is 0 Å². The Hall–Kier alpha value is -3.36. The molecule has 0 saturated heterocycles. The molecule has 42 heavy (non-hydrogen) atoms. The fraction of sp³-hybridized carbons (Fsp3) is 0.471. The topological polar surface area (TPSA) is 95.7 Å². The average molecular weight is 582 g/mol. The Labute approximate surface area is 248 Å². The molecule has 0 heterocycles. The molecule has 4 N–H and O–H groups in total.